The van der Waals surface area contributed by atoms with Crippen LogP contribution in [0.15, 0.2) is 18.2 Å². The maximum atomic E-state index is 14.2. The van der Waals surface area contributed by atoms with E-state index in [4.69, 9.17) is 9.47 Å². The number of hydrogen-bond donors (Lipinski definition) is 1. The monoisotopic (exact) mass is 572 g/mol. The van der Waals surface area contributed by atoms with E-state index >= 15 is 0 Å². The first-order chi connectivity index (χ1) is 19.5. The van der Waals surface area contributed by atoms with E-state index in [1.54, 1.807) is 40.2 Å². The van der Waals surface area contributed by atoms with Crippen LogP contribution in [0, 0.1) is 11.8 Å². The fraction of sp³-hybridized carbons (Fsp3) is 0.690. The zero-order valence-electron chi connectivity index (χ0n) is 24.9. The Morgan fingerprint density at radius 1 is 1.17 bits per heavy atom. The Labute approximate surface area is 241 Å². The van der Waals surface area contributed by atoms with Gasteiger partial charge in [-0.2, -0.15) is 0 Å². The molecule has 0 radical (unpaired) electrons. The normalized spacial score (nSPS) is 21.6. The molecule has 1 aromatic heterocycles. The lowest BCUT2D eigenvalue weighted by molar-refractivity contribution is -0.142. The van der Waals surface area contributed by atoms with Gasteiger partial charge in [-0.05, 0) is 52.0 Å². The number of rotatable bonds is 7. The van der Waals surface area contributed by atoms with Crippen molar-refractivity contribution in [1.29, 1.82) is 0 Å². The van der Waals surface area contributed by atoms with Crippen molar-refractivity contribution in [2.45, 2.75) is 72.1 Å². The topological polar surface area (TPSA) is 130 Å². The van der Waals surface area contributed by atoms with Crippen LogP contribution in [0.5, 0.6) is 0 Å². The fourth-order valence-corrected chi connectivity index (χ4v) is 5.53. The van der Waals surface area contributed by atoms with Crippen molar-refractivity contribution in [3.8, 4) is 0 Å². The van der Waals surface area contributed by atoms with Crippen LogP contribution in [0.3, 0.4) is 0 Å². The highest BCUT2D eigenvalue weighted by Gasteiger charge is 2.42. The number of piperidine rings is 1. The number of carbonyl (C=O) groups is 3. The van der Waals surface area contributed by atoms with Crippen molar-refractivity contribution in [2.75, 3.05) is 45.9 Å². The lowest BCUT2D eigenvalue weighted by Crippen LogP contribution is -2.58. The number of allylic oxidation sites excluding steroid dienone is 4. The van der Waals surface area contributed by atoms with Crippen LogP contribution in [0.4, 0.5) is 4.79 Å². The van der Waals surface area contributed by atoms with Crippen LogP contribution in [-0.2, 0) is 20.9 Å². The SMILES string of the molecule is CC(C)CN(C(=O)c1nnn(C2=CC=CCC2)c1CO)[C@H]1C[C@@H](C(=O)N2CCOCC2)CN(C(=O)OC(C)(C)C)C1. The first kappa shape index (κ1) is 30.7. The summed E-state index contributed by atoms with van der Waals surface area (Å²) in [6.07, 6.45) is 7.30. The molecule has 0 bridgehead atoms. The Balaban J connectivity index is 1.66. The van der Waals surface area contributed by atoms with E-state index < -0.39 is 30.3 Å². The van der Waals surface area contributed by atoms with Crippen LogP contribution >= 0.6 is 0 Å². The molecule has 226 valence electrons. The quantitative estimate of drug-likeness (QED) is 0.528. The highest BCUT2D eigenvalue weighted by molar-refractivity contribution is 5.94. The molecule has 3 amide bonds. The van der Waals surface area contributed by atoms with Crippen LogP contribution in [0.1, 0.15) is 70.1 Å². The van der Waals surface area contributed by atoms with Crippen LogP contribution in [0.2, 0.25) is 0 Å². The summed E-state index contributed by atoms with van der Waals surface area (Å²) in [6, 6.07) is -0.463. The van der Waals surface area contributed by atoms with Gasteiger partial charge in [0, 0.05) is 38.4 Å². The molecule has 1 aromatic rings. The molecular formula is C29H44N6O6. The second-order valence-electron chi connectivity index (χ2n) is 12.3. The molecule has 0 aromatic carbocycles. The Morgan fingerprint density at radius 3 is 2.51 bits per heavy atom. The molecule has 3 heterocycles. The van der Waals surface area contributed by atoms with Gasteiger partial charge in [-0.15, -0.1) is 5.10 Å². The molecule has 1 N–H and O–H groups in total. The Hall–Kier alpha value is -3.25. The van der Waals surface area contributed by atoms with Gasteiger partial charge < -0.3 is 29.3 Å². The molecular weight excluding hydrogens is 528 g/mol. The van der Waals surface area contributed by atoms with Crippen molar-refractivity contribution >= 4 is 23.6 Å². The number of amides is 3. The van der Waals surface area contributed by atoms with Crippen molar-refractivity contribution in [3.63, 3.8) is 0 Å². The standard InChI is InChI=1S/C29H44N6O6/c1-20(2)16-34(27(38)25-24(19-36)35(31-30-25)22-9-7-6-8-10-22)23-15-21(26(37)32-11-13-40-14-12-32)17-33(18-23)28(39)41-29(3,4)5/h6-7,9,20-21,23,36H,8,10-19H2,1-5H3/t21-,23+/m1/s1. The van der Waals surface area contributed by atoms with Crippen LogP contribution in [-0.4, -0.2) is 110 Å². The third-order valence-corrected chi connectivity index (χ3v) is 7.40. The molecule has 0 unspecified atom stereocenters. The van der Waals surface area contributed by atoms with E-state index in [1.807, 2.05) is 32.1 Å². The summed E-state index contributed by atoms with van der Waals surface area (Å²) < 4.78 is 12.7. The average Bonchev–Trinajstić information content (AvgIpc) is 3.39. The minimum atomic E-state index is -0.710. The Kier molecular flexibility index (Phi) is 9.85. The van der Waals surface area contributed by atoms with Gasteiger partial charge in [0.2, 0.25) is 5.91 Å². The Morgan fingerprint density at radius 2 is 1.90 bits per heavy atom. The summed E-state index contributed by atoms with van der Waals surface area (Å²) in [4.78, 5) is 46.1. The predicted octanol–water partition coefficient (Wildman–Crippen LogP) is 2.54. The molecule has 3 aliphatic rings. The number of aliphatic hydroxyl groups is 1. The lowest BCUT2D eigenvalue weighted by atomic mass is 9.91. The predicted molar refractivity (Wildman–Crippen MR) is 152 cm³/mol. The van der Waals surface area contributed by atoms with Crippen molar-refractivity contribution in [1.82, 2.24) is 29.7 Å². The highest BCUT2D eigenvalue weighted by atomic mass is 16.6. The molecule has 4 rings (SSSR count). The van der Waals surface area contributed by atoms with E-state index in [1.165, 1.54) is 0 Å². The van der Waals surface area contributed by atoms with Gasteiger partial charge in [0.05, 0.1) is 31.8 Å². The summed E-state index contributed by atoms with van der Waals surface area (Å²) in [5.41, 5.74) is 0.544. The van der Waals surface area contributed by atoms with Gasteiger partial charge in [-0.3, -0.25) is 9.59 Å². The van der Waals surface area contributed by atoms with Gasteiger partial charge in [0.15, 0.2) is 5.69 Å². The fourth-order valence-electron chi connectivity index (χ4n) is 5.53. The Bertz CT molecular complexity index is 1160. The van der Waals surface area contributed by atoms with Gasteiger partial charge in [0.25, 0.3) is 5.91 Å². The number of carbonyl (C=O) groups excluding carboxylic acids is 3. The number of morpholine rings is 1. The first-order valence-corrected chi connectivity index (χ1v) is 14.6. The molecule has 2 atom stereocenters. The molecule has 12 nitrogen and oxygen atoms in total. The second-order valence-corrected chi connectivity index (χ2v) is 12.3. The van der Waals surface area contributed by atoms with Crippen molar-refractivity contribution in [3.05, 3.63) is 29.6 Å². The van der Waals surface area contributed by atoms with Gasteiger partial charge >= 0.3 is 6.09 Å². The zero-order chi connectivity index (χ0) is 29.7. The number of aliphatic hydroxyl groups excluding tert-OH is 1. The van der Waals surface area contributed by atoms with Gasteiger partial charge in [-0.1, -0.05) is 31.2 Å². The zero-order valence-corrected chi connectivity index (χ0v) is 24.9. The van der Waals surface area contributed by atoms with Crippen molar-refractivity contribution < 1.29 is 29.0 Å². The largest absolute Gasteiger partial charge is 0.444 e. The summed E-state index contributed by atoms with van der Waals surface area (Å²) in [7, 11) is 0. The molecule has 2 fully saturated rings. The van der Waals surface area contributed by atoms with Crippen molar-refractivity contribution in [2.24, 2.45) is 11.8 Å². The molecule has 12 heteroatoms. The van der Waals surface area contributed by atoms with Crippen LogP contribution < -0.4 is 0 Å². The minimum absolute atomic E-state index is 0.0530. The number of nitrogens with zero attached hydrogens (tertiary/aromatic N) is 6. The minimum Gasteiger partial charge on any atom is -0.444 e. The van der Waals surface area contributed by atoms with E-state index in [0.29, 0.717) is 45.0 Å². The lowest BCUT2D eigenvalue weighted by Gasteiger charge is -2.44. The third kappa shape index (κ3) is 7.53. The first-order valence-electron chi connectivity index (χ1n) is 14.6. The van der Waals surface area contributed by atoms with E-state index in [-0.39, 0.29) is 36.5 Å². The van der Waals surface area contributed by atoms with Crippen LogP contribution in [0.25, 0.3) is 5.70 Å². The second kappa shape index (κ2) is 13.2. The molecule has 0 saturated carbocycles. The molecule has 2 aliphatic heterocycles. The number of hydrogen-bond acceptors (Lipinski definition) is 8. The molecule has 0 spiro atoms. The smallest absolute Gasteiger partial charge is 0.410 e. The highest BCUT2D eigenvalue weighted by Crippen LogP contribution is 2.28. The third-order valence-electron chi connectivity index (χ3n) is 7.40. The number of aromatic nitrogens is 3. The van der Waals surface area contributed by atoms with Gasteiger partial charge in [0.1, 0.15) is 11.3 Å². The molecule has 41 heavy (non-hydrogen) atoms. The summed E-state index contributed by atoms with van der Waals surface area (Å²) >= 11 is 0. The summed E-state index contributed by atoms with van der Waals surface area (Å²) in [5, 5.41) is 18.7. The summed E-state index contributed by atoms with van der Waals surface area (Å²) in [5.74, 6) is -0.839. The number of ether oxygens (including phenoxy) is 2. The maximum absolute atomic E-state index is 14.2. The maximum Gasteiger partial charge on any atom is 0.410 e. The summed E-state index contributed by atoms with van der Waals surface area (Å²) in [6.45, 7) is 11.8. The van der Waals surface area contributed by atoms with E-state index in [2.05, 4.69) is 10.3 Å². The van der Waals surface area contributed by atoms with E-state index in [9.17, 15) is 19.5 Å². The average molecular weight is 573 g/mol. The van der Waals surface area contributed by atoms with Gasteiger partial charge in [-0.25, -0.2) is 9.48 Å². The molecule has 2 saturated heterocycles. The molecule has 1 aliphatic carbocycles. The van der Waals surface area contributed by atoms with E-state index in [0.717, 1.165) is 18.5 Å². The number of likely N-dealkylation sites (tertiary alicyclic amines) is 1.